The maximum absolute atomic E-state index is 10.9. The molecule has 1 rings (SSSR count). The molecule has 1 saturated heterocycles. The predicted molar refractivity (Wildman–Crippen MR) is 68.3 cm³/mol. The summed E-state index contributed by atoms with van der Waals surface area (Å²) in [4.78, 5) is 10.9. The minimum absolute atomic E-state index is 0.267. The first kappa shape index (κ1) is 15.4. The van der Waals surface area contributed by atoms with Gasteiger partial charge >= 0.3 is 5.97 Å². The number of aliphatic hydroxyl groups is 1. The molecule has 0 amide bonds. The van der Waals surface area contributed by atoms with Crippen LogP contribution in [0.3, 0.4) is 0 Å². The van der Waals surface area contributed by atoms with E-state index >= 15 is 0 Å². The van der Waals surface area contributed by atoms with Crippen LogP contribution in [0.25, 0.3) is 0 Å². The van der Waals surface area contributed by atoms with E-state index in [1.807, 2.05) is 0 Å². The van der Waals surface area contributed by atoms with Gasteiger partial charge in [-0.3, -0.25) is 4.79 Å². The van der Waals surface area contributed by atoms with E-state index in [0.29, 0.717) is 13.0 Å². The van der Waals surface area contributed by atoms with Crippen molar-refractivity contribution in [2.75, 3.05) is 33.4 Å². The van der Waals surface area contributed by atoms with Crippen LogP contribution < -0.4 is 5.32 Å². The molecule has 0 bridgehead atoms. The summed E-state index contributed by atoms with van der Waals surface area (Å²) in [5.41, 5.74) is 0. The topological polar surface area (TPSA) is 67.8 Å². The number of esters is 1. The monoisotopic (exact) mass is 259 g/mol. The third-order valence-electron chi connectivity index (χ3n) is 3.36. The van der Waals surface area contributed by atoms with Gasteiger partial charge in [0.15, 0.2) is 0 Å². The summed E-state index contributed by atoms with van der Waals surface area (Å²) in [6.45, 7) is 3.22. The fourth-order valence-electron chi connectivity index (χ4n) is 2.10. The maximum atomic E-state index is 10.9. The molecule has 1 atom stereocenters. The summed E-state index contributed by atoms with van der Waals surface area (Å²) < 4.78 is 9.83. The average Bonchev–Trinajstić information content (AvgIpc) is 2.42. The van der Waals surface area contributed by atoms with Gasteiger partial charge in [0, 0.05) is 26.2 Å². The summed E-state index contributed by atoms with van der Waals surface area (Å²) in [7, 11) is 1.36. The van der Waals surface area contributed by atoms with E-state index in [1.165, 1.54) is 7.11 Å². The van der Waals surface area contributed by atoms with Gasteiger partial charge in [0.1, 0.15) is 0 Å². The molecule has 0 aromatic rings. The molecule has 5 heteroatoms. The molecular formula is C13H25NO4. The summed E-state index contributed by atoms with van der Waals surface area (Å²) in [6.07, 6.45) is 3.68. The third-order valence-corrected chi connectivity index (χ3v) is 3.36. The fraction of sp³-hybridized carbons (Fsp3) is 0.923. The van der Waals surface area contributed by atoms with Crippen molar-refractivity contribution in [2.24, 2.45) is 5.92 Å². The van der Waals surface area contributed by atoms with E-state index in [9.17, 15) is 9.90 Å². The van der Waals surface area contributed by atoms with Gasteiger partial charge in [0.05, 0.1) is 13.2 Å². The van der Waals surface area contributed by atoms with Crippen molar-refractivity contribution in [3.05, 3.63) is 0 Å². The maximum Gasteiger partial charge on any atom is 0.305 e. The molecule has 1 aliphatic rings. The first-order valence-electron chi connectivity index (χ1n) is 6.75. The number of nitrogens with one attached hydrogen (secondary N) is 1. The van der Waals surface area contributed by atoms with Gasteiger partial charge in [-0.2, -0.15) is 0 Å². The van der Waals surface area contributed by atoms with Gasteiger partial charge in [-0.05, 0) is 38.1 Å². The van der Waals surface area contributed by atoms with E-state index < -0.39 is 6.10 Å². The second-order valence-corrected chi connectivity index (χ2v) is 4.82. The lowest BCUT2D eigenvalue weighted by Crippen LogP contribution is -2.29. The Balaban J connectivity index is 1.94. The predicted octanol–water partition coefficient (Wildman–Crippen LogP) is 0.707. The number of hydrogen-bond acceptors (Lipinski definition) is 5. The molecule has 1 fully saturated rings. The van der Waals surface area contributed by atoms with Crippen molar-refractivity contribution in [3.8, 4) is 0 Å². The normalized spacial score (nSPS) is 18.6. The average molecular weight is 259 g/mol. The van der Waals surface area contributed by atoms with Crippen molar-refractivity contribution in [1.82, 2.24) is 5.32 Å². The Kier molecular flexibility index (Phi) is 7.96. The SMILES string of the molecule is COC(=O)CCC(O)CNCCC1CCOCC1. The number of aliphatic hydroxyl groups excluding tert-OH is 1. The Hall–Kier alpha value is -0.650. The molecule has 18 heavy (non-hydrogen) atoms. The van der Waals surface area contributed by atoms with Crippen LogP contribution in [0.4, 0.5) is 0 Å². The van der Waals surface area contributed by atoms with Gasteiger partial charge < -0.3 is 19.9 Å². The number of methoxy groups -OCH3 is 1. The highest BCUT2D eigenvalue weighted by Gasteiger charge is 2.13. The second-order valence-electron chi connectivity index (χ2n) is 4.82. The van der Waals surface area contributed by atoms with Gasteiger partial charge in [0.2, 0.25) is 0 Å². The quantitative estimate of drug-likeness (QED) is 0.496. The van der Waals surface area contributed by atoms with Gasteiger partial charge in [-0.1, -0.05) is 0 Å². The zero-order chi connectivity index (χ0) is 13.2. The van der Waals surface area contributed by atoms with Gasteiger partial charge in [-0.25, -0.2) is 0 Å². The summed E-state index contributed by atoms with van der Waals surface area (Å²) >= 11 is 0. The standard InChI is InChI=1S/C13H25NO4/c1-17-13(16)3-2-12(15)10-14-7-4-11-5-8-18-9-6-11/h11-12,14-15H,2-10H2,1H3. The number of ether oxygens (including phenoxy) is 2. The minimum Gasteiger partial charge on any atom is -0.469 e. The zero-order valence-corrected chi connectivity index (χ0v) is 11.2. The van der Waals surface area contributed by atoms with E-state index in [1.54, 1.807) is 0 Å². The highest BCUT2D eigenvalue weighted by Crippen LogP contribution is 2.17. The first-order valence-corrected chi connectivity index (χ1v) is 6.75. The Morgan fingerprint density at radius 1 is 1.50 bits per heavy atom. The number of carbonyl (C=O) groups is 1. The fourth-order valence-corrected chi connectivity index (χ4v) is 2.10. The van der Waals surface area contributed by atoms with Crippen LogP contribution in [0.15, 0.2) is 0 Å². The Morgan fingerprint density at radius 3 is 2.89 bits per heavy atom. The molecule has 1 unspecified atom stereocenters. The highest BCUT2D eigenvalue weighted by atomic mass is 16.5. The Morgan fingerprint density at radius 2 is 2.22 bits per heavy atom. The molecule has 0 spiro atoms. The highest BCUT2D eigenvalue weighted by molar-refractivity contribution is 5.69. The van der Waals surface area contributed by atoms with Crippen LogP contribution in [-0.2, 0) is 14.3 Å². The van der Waals surface area contributed by atoms with Crippen LogP contribution >= 0.6 is 0 Å². The molecule has 2 N–H and O–H groups in total. The van der Waals surface area contributed by atoms with E-state index in [0.717, 1.165) is 44.9 Å². The molecule has 0 saturated carbocycles. The lowest BCUT2D eigenvalue weighted by atomic mass is 9.97. The zero-order valence-electron chi connectivity index (χ0n) is 11.2. The van der Waals surface area contributed by atoms with Crippen molar-refractivity contribution in [3.63, 3.8) is 0 Å². The number of rotatable bonds is 8. The van der Waals surface area contributed by atoms with Crippen molar-refractivity contribution < 1.29 is 19.4 Å². The van der Waals surface area contributed by atoms with E-state index in [-0.39, 0.29) is 12.4 Å². The smallest absolute Gasteiger partial charge is 0.305 e. The molecule has 0 aliphatic carbocycles. The van der Waals surface area contributed by atoms with Gasteiger partial charge in [-0.15, -0.1) is 0 Å². The minimum atomic E-state index is -0.473. The van der Waals surface area contributed by atoms with Crippen molar-refractivity contribution in [1.29, 1.82) is 0 Å². The first-order chi connectivity index (χ1) is 8.72. The molecule has 0 radical (unpaired) electrons. The van der Waals surface area contributed by atoms with Crippen LogP contribution in [0, 0.1) is 5.92 Å². The molecule has 5 nitrogen and oxygen atoms in total. The number of hydrogen-bond donors (Lipinski definition) is 2. The Bertz CT molecular complexity index is 229. The second kappa shape index (κ2) is 9.30. The Labute approximate surface area is 109 Å². The van der Waals surface area contributed by atoms with Crippen molar-refractivity contribution in [2.45, 2.75) is 38.2 Å². The molecule has 106 valence electrons. The van der Waals surface area contributed by atoms with Crippen LogP contribution in [-0.4, -0.2) is 50.6 Å². The summed E-state index contributed by atoms with van der Waals surface area (Å²) in [6, 6.07) is 0. The third kappa shape index (κ3) is 6.93. The lowest BCUT2D eigenvalue weighted by molar-refractivity contribution is -0.141. The molecule has 1 aliphatic heterocycles. The molecular weight excluding hydrogens is 234 g/mol. The van der Waals surface area contributed by atoms with Crippen LogP contribution in [0.5, 0.6) is 0 Å². The van der Waals surface area contributed by atoms with E-state index in [2.05, 4.69) is 10.1 Å². The van der Waals surface area contributed by atoms with Crippen molar-refractivity contribution >= 4 is 5.97 Å². The lowest BCUT2D eigenvalue weighted by Gasteiger charge is -2.22. The molecule has 0 aromatic heterocycles. The van der Waals surface area contributed by atoms with Gasteiger partial charge in [0.25, 0.3) is 0 Å². The van der Waals surface area contributed by atoms with Crippen LogP contribution in [0.1, 0.15) is 32.1 Å². The largest absolute Gasteiger partial charge is 0.469 e. The number of carbonyl (C=O) groups excluding carboxylic acids is 1. The molecule has 0 aromatic carbocycles. The summed E-state index contributed by atoms with van der Waals surface area (Å²) in [5.74, 6) is 0.481. The van der Waals surface area contributed by atoms with Crippen LogP contribution in [0.2, 0.25) is 0 Å². The summed E-state index contributed by atoms with van der Waals surface area (Å²) in [5, 5.41) is 12.9. The van der Waals surface area contributed by atoms with E-state index in [4.69, 9.17) is 4.74 Å². The molecule has 1 heterocycles.